The molecule has 0 aliphatic carbocycles. The Kier molecular flexibility index (Phi) is 8.56. The lowest BCUT2D eigenvalue weighted by Crippen LogP contribution is -2.17. The molecule has 174 valence electrons. The second-order valence-electron chi connectivity index (χ2n) is 7.02. The summed E-state index contributed by atoms with van der Waals surface area (Å²) < 4.78 is 50.0. The van der Waals surface area contributed by atoms with Gasteiger partial charge in [0.1, 0.15) is 16.3 Å². The number of para-hydroxylation sites is 1. The Hall–Kier alpha value is -2.10. The molecule has 0 saturated carbocycles. The molecule has 2 atom stereocenters. The molecule has 0 bridgehead atoms. The van der Waals surface area contributed by atoms with Gasteiger partial charge in [0, 0.05) is 0 Å². The minimum Gasteiger partial charge on any atom is -0.492 e. The summed E-state index contributed by atoms with van der Waals surface area (Å²) in [6, 6.07) is 7.66. The van der Waals surface area contributed by atoms with Crippen LogP contribution in [0.4, 0.5) is 19.1 Å². The number of imidazole rings is 1. The van der Waals surface area contributed by atoms with E-state index in [1.54, 1.807) is 17.8 Å². The first-order chi connectivity index (χ1) is 15.3. The fraction of sp³-hybridized carbons (Fsp3) is 0.450. The highest BCUT2D eigenvalue weighted by Crippen LogP contribution is 2.37. The first-order valence-corrected chi connectivity index (χ1v) is 12.3. The van der Waals surface area contributed by atoms with E-state index in [1.165, 1.54) is 11.8 Å². The van der Waals surface area contributed by atoms with Crippen molar-refractivity contribution in [3.05, 3.63) is 30.6 Å². The molecule has 3 rings (SSSR count). The maximum absolute atomic E-state index is 12.3. The molecule has 0 spiro atoms. The molecule has 2 heterocycles. The van der Waals surface area contributed by atoms with Crippen molar-refractivity contribution in [2.75, 3.05) is 24.9 Å². The van der Waals surface area contributed by atoms with Gasteiger partial charge in [-0.1, -0.05) is 39.4 Å². The van der Waals surface area contributed by atoms with Crippen molar-refractivity contribution in [2.24, 2.45) is 0 Å². The standard InChI is InChI=1S/C20H25F3N5O2PS/c1-3-8-29-14-6-4-5-7-15(14)32-18-16-17(26-19(24)27-18)28(11-25-16)9-13(2)30-12-31-10-20(21,22)23/h4-7,11,13,31H,3,8-10,12H2,1-2H3,(H2,24,26,27). The number of nitrogen functional groups attached to an aromatic ring is 1. The molecule has 0 fully saturated rings. The monoisotopic (exact) mass is 487 g/mol. The smallest absolute Gasteiger partial charge is 0.392 e. The lowest BCUT2D eigenvalue weighted by Gasteiger charge is -2.15. The van der Waals surface area contributed by atoms with Gasteiger partial charge >= 0.3 is 6.18 Å². The lowest BCUT2D eigenvalue weighted by atomic mass is 10.3. The van der Waals surface area contributed by atoms with Crippen LogP contribution >= 0.6 is 20.3 Å². The van der Waals surface area contributed by atoms with E-state index >= 15 is 0 Å². The van der Waals surface area contributed by atoms with Gasteiger partial charge in [0.05, 0.1) is 43.0 Å². The Balaban J connectivity index is 1.73. The normalized spacial score (nSPS) is 13.3. The van der Waals surface area contributed by atoms with Crippen molar-refractivity contribution in [3.63, 3.8) is 0 Å². The van der Waals surface area contributed by atoms with Gasteiger partial charge < -0.3 is 19.8 Å². The van der Waals surface area contributed by atoms with Crippen LogP contribution in [0.3, 0.4) is 0 Å². The summed E-state index contributed by atoms with van der Waals surface area (Å²) in [5.74, 6) is 0.861. The number of benzene rings is 1. The summed E-state index contributed by atoms with van der Waals surface area (Å²) in [5.41, 5.74) is 7.08. The number of nitrogens with two attached hydrogens (primary N) is 1. The largest absolute Gasteiger partial charge is 0.492 e. The summed E-state index contributed by atoms with van der Waals surface area (Å²) in [6.45, 7) is 4.82. The summed E-state index contributed by atoms with van der Waals surface area (Å²) in [5, 5.41) is 0.596. The topological polar surface area (TPSA) is 88.1 Å². The van der Waals surface area contributed by atoms with Crippen LogP contribution in [0.1, 0.15) is 20.3 Å². The Bertz CT molecular complexity index is 1030. The van der Waals surface area contributed by atoms with E-state index < -0.39 is 12.3 Å². The molecule has 7 nitrogen and oxygen atoms in total. The molecule has 0 radical (unpaired) electrons. The number of rotatable bonds is 11. The predicted octanol–water partition coefficient (Wildman–Crippen LogP) is 4.95. The molecule has 0 aliphatic heterocycles. The molecular formula is C20H25F3N5O2PS. The Morgan fingerprint density at radius 3 is 2.78 bits per heavy atom. The zero-order chi connectivity index (χ0) is 23.1. The van der Waals surface area contributed by atoms with Crippen molar-refractivity contribution in [1.29, 1.82) is 0 Å². The summed E-state index contributed by atoms with van der Waals surface area (Å²) >= 11 is 1.39. The van der Waals surface area contributed by atoms with Gasteiger partial charge in [0.15, 0.2) is 5.65 Å². The maximum atomic E-state index is 12.3. The van der Waals surface area contributed by atoms with Gasteiger partial charge in [-0.25, -0.2) is 9.97 Å². The van der Waals surface area contributed by atoms with Crippen molar-refractivity contribution < 1.29 is 22.6 Å². The van der Waals surface area contributed by atoms with Crippen molar-refractivity contribution in [2.45, 2.75) is 49.0 Å². The fourth-order valence-electron chi connectivity index (χ4n) is 2.83. The van der Waals surface area contributed by atoms with Gasteiger partial charge in [0.25, 0.3) is 0 Å². The number of hydrogen-bond donors (Lipinski definition) is 1. The minimum absolute atomic E-state index is 0.0556. The molecule has 0 saturated heterocycles. The first kappa shape index (κ1) is 24.5. The predicted molar refractivity (Wildman–Crippen MR) is 121 cm³/mol. The maximum Gasteiger partial charge on any atom is 0.392 e. The van der Waals surface area contributed by atoms with Crippen LogP contribution in [0.5, 0.6) is 5.75 Å². The van der Waals surface area contributed by atoms with Gasteiger partial charge in [-0.05, 0) is 25.5 Å². The summed E-state index contributed by atoms with van der Waals surface area (Å²) in [7, 11) is -0.329. The van der Waals surface area contributed by atoms with Gasteiger partial charge in [-0.2, -0.15) is 18.2 Å². The van der Waals surface area contributed by atoms with E-state index in [1.807, 2.05) is 31.2 Å². The van der Waals surface area contributed by atoms with Crippen molar-refractivity contribution in [1.82, 2.24) is 19.5 Å². The van der Waals surface area contributed by atoms with Crippen LogP contribution in [0.15, 0.2) is 40.5 Å². The average molecular weight is 487 g/mol. The van der Waals surface area contributed by atoms with Crippen LogP contribution in [0, 0.1) is 0 Å². The Labute approximate surface area is 190 Å². The fourth-order valence-corrected chi connectivity index (χ4v) is 4.58. The highest BCUT2D eigenvalue weighted by atomic mass is 32.2. The van der Waals surface area contributed by atoms with Gasteiger partial charge in [-0.3, -0.25) is 0 Å². The van der Waals surface area contributed by atoms with Gasteiger partial charge in [-0.15, -0.1) is 0 Å². The molecule has 0 aliphatic rings. The summed E-state index contributed by atoms with van der Waals surface area (Å²) in [6.07, 6.45) is -2.75. The van der Waals surface area contributed by atoms with E-state index in [9.17, 15) is 13.2 Å². The molecule has 1 aromatic carbocycles. The molecule has 2 N–H and O–H groups in total. The third-order valence-electron chi connectivity index (χ3n) is 4.22. The van der Waals surface area contributed by atoms with Crippen LogP contribution in [-0.4, -0.2) is 50.9 Å². The zero-order valence-corrected chi connectivity index (χ0v) is 19.5. The number of ether oxygens (including phenoxy) is 2. The average Bonchev–Trinajstić information content (AvgIpc) is 3.12. The summed E-state index contributed by atoms with van der Waals surface area (Å²) in [4.78, 5) is 14.0. The lowest BCUT2D eigenvalue weighted by molar-refractivity contribution is -0.106. The quantitative estimate of drug-likeness (QED) is 0.233. The highest BCUT2D eigenvalue weighted by Gasteiger charge is 2.26. The van der Waals surface area contributed by atoms with E-state index in [0.29, 0.717) is 29.3 Å². The number of anilines is 1. The molecule has 12 heteroatoms. The molecular weight excluding hydrogens is 462 g/mol. The van der Waals surface area contributed by atoms with E-state index in [0.717, 1.165) is 17.1 Å². The Morgan fingerprint density at radius 2 is 2.03 bits per heavy atom. The number of hydrogen-bond acceptors (Lipinski definition) is 7. The van der Waals surface area contributed by atoms with E-state index in [2.05, 4.69) is 15.0 Å². The first-order valence-electron chi connectivity index (χ1n) is 10.0. The molecule has 2 aromatic heterocycles. The minimum atomic E-state index is -4.16. The molecule has 3 aromatic rings. The third kappa shape index (κ3) is 6.95. The number of aromatic nitrogens is 4. The third-order valence-corrected chi connectivity index (χ3v) is 6.27. The molecule has 32 heavy (non-hydrogen) atoms. The number of halogens is 3. The Morgan fingerprint density at radius 1 is 1.25 bits per heavy atom. The van der Waals surface area contributed by atoms with Crippen LogP contribution < -0.4 is 10.5 Å². The van der Waals surface area contributed by atoms with Crippen molar-refractivity contribution in [3.8, 4) is 5.75 Å². The number of nitrogens with zero attached hydrogens (tertiary/aromatic N) is 4. The van der Waals surface area contributed by atoms with Crippen molar-refractivity contribution >= 4 is 37.5 Å². The molecule has 2 unspecified atom stereocenters. The van der Waals surface area contributed by atoms with E-state index in [4.69, 9.17) is 15.2 Å². The van der Waals surface area contributed by atoms with Gasteiger partial charge in [0.2, 0.25) is 5.95 Å². The second-order valence-corrected chi connectivity index (χ2v) is 9.19. The number of alkyl halides is 3. The van der Waals surface area contributed by atoms with Crippen LogP contribution in [-0.2, 0) is 11.3 Å². The van der Waals surface area contributed by atoms with Crippen LogP contribution in [0.2, 0.25) is 0 Å². The number of fused-ring (bicyclic) bond motifs is 1. The second kappa shape index (κ2) is 11.2. The zero-order valence-electron chi connectivity index (χ0n) is 17.7. The molecule has 0 amide bonds. The van der Waals surface area contributed by atoms with Crippen LogP contribution in [0.25, 0.3) is 11.2 Å². The highest BCUT2D eigenvalue weighted by molar-refractivity contribution is 7.99. The SMILES string of the molecule is CCCOc1ccccc1Sc1nc(N)nc2c1ncn2CC(C)OCPCC(F)(F)F. The van der Waals surface area contributed by atoms with E-state index in [-0.39, 0.29) is 27.0 Å².